The zero-order valence-electron chi connectivity index (χ0n) is 2.92. The second-order valence-corrected chi connectivity index (χ2v) is 2.35. The molecule has 0 saturated carbocycles. The Balaban J connectivity index is 3.05. The van der Waals surface area contributed by atoms with Crippen LogP contribution in [-0.2, 0) is 0 Å². The molecule has 1 aromatic heterocycles. The van der Waals surface area contributed by atoms with Gasteiger partial charge in [0.25, 0.3) is 0 Å². The molecule has 0 bridgehead atoms. The van der Waals surface area contributed by atoms with Gasteiger partial charge in [-0.25, -0.2) is 0 Å². The van der Waals surface area contributed by atoms with Crippen LogP contribution < -0.4 is 3.84 Å². The summed E-state index contributed by atoms with van der Waals surface area (Å²) in [5, 5.41) is 12.8. The van der Waals surface area contributed by atoms with Crippen molar-refractivity contribution >= 4 is 26.4 Å². The Morgan fingerprint density at radius 2 is 2.50 bits per heavy atom. The number of rotatable bonds is 0. The van der Waals surface area contributed by atoms with Crippen molar-refractivity contribution in [1.82, 2.24) is 20.6 Å². The van der Waals surface area contributed by atoms with Crippen LogP contribution in [0.5, 0.6) is 0 Å². The first-order chi connectivity index (χ1) is 2.89. The van der Waals surface area contributed by atoms with Crippen molar-refractivity contribution in [1.29, 1.82) is 0 Å². The first-order valence-corrected chi connectivity index (χ1v) is 3.03. The number of H-pyrrole nitrogens is 1. The number of tetrazole rings is 1. The van der Waals surface area contributed by atoms with E-state index >= 15 is 0 Å². The van der Waals surface area contributed by atoms with Gasteiger partial charge in [0.15, 0.2) is 0 Å². The van der Waals surface area contributed by atoms with E-state index in [9.17, 15) is 0 Å². The van der Waals surface area contributed by atoms with Gasteiger partial charge in [-0.1, -0.05) is 0 Å². The normalized spacial score (nSPS) is 8.83. The molecular weight excluding hydrogens is 187 g/mol. The SMILES string of the molecule is [SnH][c]1nnn[nH]1. The number of aromatic amines is 1. The summed E-state index contributed by atoms with van der Waals surface area (Å²) in [5.74, 6) is 0. The molecule has 0 aliphatic rings. The van der Waals surface area contributed by atoms with Crippen LogP contribution in [-0.4, -0.2) is 43.1 Å². The Kier molecular flexibility index (Phi) is 1.04. The number of hydrogen-bond acceptors (Lipinski definition) is 3. The third kappa shape index (κ3) is 0.675. The summed E-state index contributed by atoms with van der Waals surface area (Å²) in [4.78, 5) is 0. The van der Waals surface area contributed by atoms with E-state index in [-0.39, 0.29) is 0 Å². The van der Waals surface area contributed by atoms with E-state index in [1.165, 1.54) is 0 Å². The quantitative estimate of drug-likeness (QED) is 0.468. The molecule has 0 aliphatic carbocycles. The molecule has 5 heteroatoms. The summed E-state index contributed by atoms with van der Waals surface area (Å²) < 4.78 is 0.875. The van der Waals surface area contributed by atoms with Crippen LogP contribution >= 0.6 is 0 Å². The number of hydrogen-bond donors (Lipinski definition) is 1. The average Bonchev–Trinajstić information content (AvgIpc) is 1.86. The minimum absolute atomic E-state index is 0.875. The van der Waals surface area contributed by atoms with Crippen molar-refractivity contribution in [2.75, 3.05) is 0 Å². The molecule has 30 valence electrons. The van der Waals surface area contributed by atoms with Gasteiger partial charge in [0.1, 0.15) is 0 Å². The zero-order chi connectivity index (χ0) is 4.41. The van der Waals surface area contributed by atoms with Crippen LogP contribution in [0, 0.1) is 0 Å². The van der Waals surface area contributed by atoms with Crippen LogP contribution in [0.15, 0.2) is 0 Å². The molecular formula is CH2N4Sn. The number of aromatic nitrogens is 4. The molecule has 0 fully saturated rings. The van der Waals surface area contributed by atoms with Gasteiger partial charge >= 0.3 is 47.0 Å². The summed E-state index contributed by atoms with van der Waals surface area (Å²) in [7, 11) is 0. The van der Waals surface area contributed by atoms with Gasteiger partial charge in [0.05, 0.1) is 0 Å². The second kappa shape index (κ2) is 1.54. The molecule has 0 atom stereocenters. The predicted octanol–water partition coefficient (Wildman–Crippen LogP) is -2.27. The van der Waals surface area contributed by atoms with Gasteiger partial charge in [0.2, 0.25) is 0 Å². The Bertz CT molecular complexity index is 111. The molecule has 1 heterocycles. The number of nitrogens with zero attached hydrogens (tertiary/aromatic N) is 3. The Morgan fingerprint density at radius 3 is 2.67 bits per heavy atom. The molecule has 0 saturated heterocycles. The molecule has 0 aliphatic heterocycles. The maximum absolute atomic E-state index is 3.56. The molecule has 2 radical (unpaired) electrons. The summed E-state index contributed by atoms with van der Waals surface area (Å²) in [6.45, 7) is 0. The fourth-order valence-electron chi connectivity index (χ4n) is 0.166. The van der Waals surface area contributed by atoms with Crippen LogP contribution in [0.1, 0.15) is 0 Å². The molecule has 0 aromatic carbocycles. The minimum atomic E-state index is 0.875. The molecule has 6 heavy (non-hydrogen) atoms. The van der Waals surface area contributed by atoms with Gasteiger partial charge in [-0.05, 0) is 0 Å². The number of nitrogens with one attached hydrogen (secondary N) is 1. The molecule has 0 unspecified atom stereocenters. The monoisotopic (exact) mass is 190 g/mol. The van der Waals surface area contributed by atoms with E-state index in [0.29, 0.717) is 0 Å². The molecule has 1 N–H and O–H groups in total. The van der Waals surface area contributed by atoms with E-state index in [0.717, 1.165) is 26.4 Å². The first-order valence-electron chi connectivity index (χ1n) is 1.39. The van der Waals surface area contributed by atoms with E-state index in [1.54, 1.807) is 0 Å². The summed E-state index contributed by atoms with van der Waals surface area (Å²) in [6, 6.07) is 0. The Hall–Kier alpha value is -0.131. The third-order valence-corrected chi connectivity index (χ3v) is 1.06. The topological polar surface area (TPSA) is 54.5 Å². The van der Waals surface area contributed by atoms with Gasteiger partial charge in [-0.2, -0.15) is 0 Å². The van der Waals surface area contributed by atoms with Gasteiger partial charge in [-0.15, -0.1) is 0 Å². The Morgan fingerprint density at radius 1 is 1.67 bits per heavy atom. The summed E-state index contributed by atoms with van der Waals surface area (Å²) in [6.07, 6.45) is 0. The summed E-state index contributed by atoms with van der Waals surface area (Å²) in [5.41, 5.74) is 0. The fourth-order valence-corrected chi connectivity index (χ4v) is 0.479. The van der Waals surface area contributed by atoms with E-state index in [4.69, 9.17) is 0 Å². The van der Waals surface area contributed by atoms with Crippen molar-refractivity contribution in [3.05, 3.63) is 0 Å². The fraction of sp³-hybridized carbons (Fsp3) is 0. The zero-order valence-corrected chi connectivity index (χ0v) is 6.21. The van der Waals surface area contributed by atoms with E-state index in [2.05, 4.69) is 20.6 Å². The van der Waals surface area contributed by atoms with Crippen molar-refractivity contribution in [2.45, 2.75) is 0 Å². The standard InChI is InChI=1S/CHN4.Sn.H/c1-2-4-5-3-1;;/h(H,2,3,4,5);;. The van der Waals surface area contributed by atoms with Gasteiger partial charge in [0, 0.05) is 0 Å². The van der Waals surface area contributed by atoms with Gasteiger partial charge < -0.3 is 0 Å². The van der Waals surface area contributed by atoms with Crippen LogP contribution in [0.3, 0.4) is 0 Å². The first kappa shape index (κ1) is 4.04. The van der Waals surface area contributed by atoms with Crippen molar-refractivity contribution < 1.29 is 0 Å². The second-order valence-electron chi connectivity index (χ2n) is 0.786. The molecule has 0 amide bonds. The van der Waals surface area contributed by atoms with Crippen LogP contribution in [0.2, 0.25) is 0 Å². The third-order valence-electron chi connectivity index (χ3n) is 0.362. The van der Waals surface area contributed by atoms with Crippen LogP contribution in [0.4, 0.5) is 0 Å². The van der Waals surface area contributed by atoms with E-state index in [1.807, 2.05) is 0 Å². The molecule has 1 rings (SSSR count). The average molecular weight is 189 g/mol. The predicted molar refractivity (Wildman–Crippen MR) is 21.0 cm³/mol. The molecule has 0 spiro atoms. The van der Waals surface area contributed by atoms with Crippen molar-refractivity contribution in [2.24, 2.45) is 0 Å². The maximum atomic E-state index is 3.56. The van der Waals surface area contributed by atoms with Crippen molar-refractivity contribution in [3.8, 4) is 0 Å². The molecule has 4 nitrogen and oxygen atoms in total. The van der Waals surface area contributed by atoms with Gasteiger partial charge in [-0.3, -0.25) is 0 Å². The Labute approximate surface area is 47.4 Å². The summed E-state index contributed by atoms with van der Waals surface area (Å²) >= 11 is 0.961. The molecule has 1 aromatic rings. The van der Waals surface area contributed by atoms with E-state index < -0.39 is 0 Å². The van der Waals surface area contributed by atoms with Crippen LogP contribution in [0.25, 0.3) is 0 Å². The van der Waals surface area contributed by atoms with Crippen molar-refractivity contribution in [3.63, 3.8) is 0 Å².